The lowest BCUT2D eigenvalue weighted by molar-refractivity contribution is -0.384. The maximum absolute atomic E-state index is 11.0. The van der Waals surface area contributed by atoms with E-state index in [4.69, 9.17) is 0 Å². The predicted octanol–water partition coefficient (Wildman–Crippen LogP) is 4.56. The van der Waals surface area contributed by atoms with Crippen molar-refractivity contribution in [1.82, 2.24) is 9.55 Å². The number of benzene rings is 2. The first kappa shape index (κ1) is 15.3. The van der Waals surface area contributed by atoms with Crippen LogP contribution in [0.3, 0.4) is 0 Å². The summed E-state index contributed by atoms with van der Waals surface area (Å²) in [6.07, 6.45) is 1.77. The monoisotopic (exact) mass is 325 g/mol. The highest BCUT2D eigenvalue weighted by molar-refractivity contribution is 7.99. The molecule has 0 spiro atoms. The maximum atomic E-state index is 11.0. The molecule has 0 fully saturated rings. The van der Waals surface area contributed by atoms with Crippen molar-refractivity contribution in [1.29, 1.82) is 0 Å². The van der Waals surface area contributed by atoms with Crippen LogP contribution in [0.15, 0.2) is 66.0 Å². The van der Waals surface area contributed by atoms with Gasteiger partial charge in [-0.3, -0.25) is 14.7 Å². The Morgan fingerprint density at radius 2 is 1.96 bits per heavy atom. The third-order valence-corrected chi connectivity index (χ3v) is 4.20. The summed E-state index contributed by atoms with van der Waals surface area (Å²) in [6, 6.07) is 16.5. The Hall–Kier alpha value is -2.60. The molecule has 116 valence electrons. The second-order valence-corrected chi connectivity index (χ2v) is 6.07. The molecule has 0 radical (unpaired) electrons. The minimum absolute atomic E-state index is 0.0769. The molecule has 0 aliphatic heterocycles. The number of non-ortho nitro benzene ring substituents is 1. The van der Waals surface area contributed by atoms with E-state index in [9.17, 15) is 10.1 Å². The quantitative estimate of drug-likeness (QED) is 0.392. The molecule has 0 aliphatic rings. The van der Waals surface area contributed by atoms with Crippen LogP contribution in [-0.2, 0) is 0 Å². The minimum atomic E-state index is -0.381. The molecule has 3 rings (SSSR count). The van der Waals surface area contributed by atoms with Crippen molar-refractivity contribution >= 4 is 17.4 Å². The highest BCUT2D eigenvalue weighted by Crippen LogP contribution is 2.31. The summed E-state index contributed by atoms with van der Waals surface area (Å²) in [7, 11) is 0. The SMILES string of the molecule is CCSc1ncc(-c2cccc([N+](=O)[O-])c2)n1-c1ccccc1. The summed E-state index contributed by atoms with van der Waals surface area (Å²) in [5.74, 6) is 0.901. The van der Waals surface area contributed by atoms with Gasteiger partial charge < -0.3 is 0 Å². The van der Waals surface area contributed by atoms with E-state index in [0.717, 1.165) is 27.9 Å². The largest absolute Gasteiger partial charge is 0.287 e. The lowest BCUT2D eigenvalue weighted by atomic mass is 10.1. The highest BCUT2D eigenvalue weighted by atomic mass is 32.2. The van der Waals surface area contributed by atoms with Crippen LogP contribution in [0.25, 0.3) is 16.9 Å². The zero-order valence-corrected chi connectivity index (χ0v) is 13.4. The lowest BCUT2D eigenvalue weighted by Crippen LogP contribution is -1.99. The Kier molecular flexibility index (Phi) is 4.43. The topological polar surface area (TPSA) is 61.0 Å². The van der Waals surface area contributed by atoms with Gasteiger partial charge >= 0.3 is 0 Å². The van der Waals surface area contributed by atoms with Crippen LogP contribution in [0.5, 0.6) is 0 Å². The summed E-state index contributed by atoms with van der Waals surface area (Å²) in [5.41, 5.74) is 2.69. The molecule has 1 heterocycles. The number of thioether (sulfide) groups is 1. The average Bonchev–Trinajstić information content (AvgIpc) is 3.00. The molecular weight excluding hydrogens is 310 g/mol. The van der Waals surface area contributed by atoms with Crippen LogP contribution >= 0.6 is 11.8 Å². The highest BCUT2D eigenvalue weighted by Gasteiger charge is 2.15. The van der Waals surface area contributed by atoms with Gasteiger partial charge in [0.05, 0.1) is 16.8 Å². The van der Waals surface area contributed by atoms with Crippen LogP contribution in [0, 0.1) is 10.1 Å². The predicted molar refractivity (Wildman–Crippen MR) is 92.1 cm³/mol. The normalized spacial score (nSPS) is 10.7. The molecule has 0 saturated heterocycles. The summed E-state index contributed by atoms with van der Waals surface area (Å²) in [5, 5.41) is 11.9. The number of imidazole rings is 1. The Bertz CT molecular complexity index is 831. The van der Waals surface area contributed by atoms with E-state index >= 15 is 0 Å². The molecule has 6 heteroatoms. The minimum Gasteiger partial charge on any atom is -0.287 e. The number of nitrogens with zero attached hydrogens (tertiary/aromatic N) is 3. The first-order chi connectivity index (χ1) is 11.2. The Labute approximate surface area is 138 Å². The molecule has 1 aromatic heterocycles. The van der Waals surface area contributed by atoms with Gasteiger partial charge in [0.1, 0.15) is 0 Å². The molecule has 23 heavy (non-hydrogen) atoms. The first-order valence-corrected chi connectivity index (χ1v) is 8.20. The van der Waals surface area contributed by atoms with Crippen LogP contribution in [0.2, 0.25) is 0 Å². The number of nitro groups is 1. The average molecular weight is 325 g/mol. The standard InChI is InChI=1S/C17H15N3O2S/c1-2-23-17-18-12-16(19(17)14-8-4-3-5-9-14)13-7-6-10-15(11-13)20(21)22/h3-12H,2H2,1H3. The molecule has 2 aromatic carbocycles. The van der Waals surface area contributed by atoms with Gasteiger partial charge in [-0.1, -0.05) is 49.0 Å². The Morgan fingerprint density at radius 3 is 2.65 bits per heavy atom. The molecule has 0 unspecified atom stereocenters. The van der Waals surface area contributed by atoms with Crippen molar-refractivity contribution in [3.63, 3.8) is 0 Å². The molecular formula is C17H15N3O2S. The number of aromatic nitrogens is 2. The number of hydrogen-bond donors (Lipinski definition) is 0. The van der Waals surface area contributed by atoms with Gasteiger partial charge in [0.2, 0.25) is 0 Å². The van der Waals surface area contributed by atoms with Crippen LogP contribution in [-0.4, -0.2) is 20.2 Å². The van der Waals surface area contributed by atoms with Crippen molar-refractivity contribution in [2.45, 2.75) is 12.1 Å². The van der Waals surface area contributed by atoms with Gasteiger partial charge in [-0.15, -0.1) is 0 Å². The van der Waals surface area contributed by atoms with Gasteiger partial charge in [-0.25, -0.2) is 4.98 Å². The smallest absolute Gasteiger partial charge is 0.270 e. The van der Waals surface area contributed by atoms with Gasteiger partial charge in [0.15, 0.2) is 5.16 Å². The van der Waals surface area contributed by atoms with Crippen molar-refractivity contribution in [2.24, 2.45) is 0 Å². The maximum Gasteiger partial charge on any atom is 0.270 e. The number of nitro benzene ring substituents is 1. The molecule has 0 amide bonds. The zero-order chi connectivity index (χ0) is 16.2. The van der Waals surface area contributed by atoms with E-state index in [0.29, 0.717) is 0 Å². The van der Waals surface area contributed by atoms with Crippen LogP contribution in [0.4, 0.5) is 5.69 Å². The molecule has 5 nitrogen and oxygen atoms in total. The van der Waals surface area contributed by atoms with Gasteiger partial charge in [-0.05, 0) is 17.9 Å². The lowest BCUT2D eigenvalue weighted by Gasteiger charge is -2.11. The van der Waals surface area contributed by atoms with E-state index < -0.39 is 0 Å². The van der Waals surface area contributed by atoms with E-state index in [1.54, 1.807) is 30.1 Å². The molecule has 0 atom stereocenters. The summed E-state index contributed by atoms with van der Waals surface area (Å²) >= 11 is 1.64. The fourth-order valence-electron chi connectivity index (χ4n) is 2.37. The van der Waals surface area contributed by atoms with Crippen molar-refractivity contribution in [2.75, 3.05) is 5.75 Å². The van der Waals surface area contributed by atoms with E-state index in [1.165, 1.54) is 6.07 Å². The van der Waals surface area contributed by atoms with Crippen LogP contribution in [0.1, 0.15) is 6.92 Å². The Balaban J connectivity index is 2.17. The third kappa shape index (κ3) is 3.12. The van der Waals surface area contributed by atoms with Gasteiger partial charge in [0, 0.05) is 23.4 Å². The fraction of sp³-hybridized carbons (Fsp3) is 0.118. The zero-order valence-electron chi connectivity index (χ0n) is 12.5. The number of rotatable bonds is 5. The molecule has 0 aliphatic carbocycles. The fourth-order valence-corrected chi connectivity index (χ4v) is 3.09. The molecule has 3 aromatic rings. The molecule has 0 bridgehead atoms. The van der Waals surface area contributed by atoms with Gasteiger partial charge in [-0.2, -0.15) is 0 Å². The van der Waals surface area contributed by atoms with Crippen molar-refractivity contribution in [3.05, 3.63) is 70.9 Å². The van der Waals surface area contributed by atoms with E-state index in [-0.39, 0.29) is 10.6 Å². The van der Waals surface area contributed by atoms with E-state index in [2.05, 4.69) is 11.9 Å². The second-order valence-electron chi connectivity index (χ2n) is 4.84. The number of para-hydroxylation sites is 1. The first-order valence-electron chi connectivity index (χ1n) is 7.21. The number of hydrogen-bond acceptors (Lipinski definition) is 4. The van der Waals surface area contributed by atoms with E-state index in [1.807, 2.05) is 41.0 Å². The molecule has 0 N–H and O–H groups in total. The summed E-state index contributed by atoms with van der Waals surface area (Å²) < 4.78 is 2.03. The summed E-state index contributed by atoms with van der Waals surface area (Å²) in [4.78, 5) is 15.1. The van der Waals surface area contributed by atoms with Gasteiger partial charge in [0.25, 0.3) is 5.69 Å². The van der Waals surface area contributed by atoms with Crippen molar-refractivity contribution < 1.29 is 4.92 Å². The van der Waals surface area contributed by atoms with Crippen LogP contribution < -0.4 is 0 Å². The van der Waals surface area contributed by atoms with Crippen molar-refractivity contribution in [3.8, 4) is 16.9 Å². The third-order valence-electron chi connectivity index (χ3n) is 3.37. The molecule has 0 saturated carbocycles. The summed E-state index contributed by atoms with van der Waals surface area (Å²) in [6.45, 7) is 2.07. The second kappa shape index (κ2) is 6.66. The Morgan fingerprint density at radius 1 is 1.17 bits per heavy atom.